The van der Waals surface area contributed by atoms with Crippen LogP contribution in [0.2, 0.25) is 0 Å². The van der Waals surface area contributed by atoms with Crippen molar-refractivity contribution in [2.45, 2.75) is 6.92 Å². The summed E-state index contributed by atoms with van der Waals surface area (Å²) in [4.78, 5) is 0. The van der Waals surface area contributed by atoms with E-state index in [0.717, 1.165) is 19.2 Å². The number of benzene rings is 1. The van der Waals surface area contributed by atoms with Gasteiger partial charge in [-0.1, -0.05) is 15.9 Å². The van der Waals surface area contributed by atoms with Gasteiger partial charge in [0.15, 0.2) is 0 Å². The van der Waals surface area contributed by atoms with Crippen LogP contribution in [0.15, 0.2) is 16.6 Å². The molecule has 0 aromatic heterocycles. The molecule has 0 saturated carbocycles. The van der Waals surface area contributed by atoms with Crippen molar-refractivity contribution >= 4 is 38.5 Å². The van der Waals surface area contributed by atoms with Gasteiger partial charge in [0, 0.05) is 8.04 Å². The van der Waals surface area contributed by atoms with Crippen LogP contribution in [-0.4, -0.2) is 0 Å². The van der Waals surface area contributed by atoms with Crippen molar-refractivity contribution in [2.24, 2.45) is 0 Å². The summed E-state index contributed by atoms with van der Waals surface area (Å²) in [6.07, 6.45) is 0. The molecule has 0 atom stereocenters. The fraction of sp³-hybridized carbons (Fsp3) is 0.125. The van der Waals surface area contributed by atoms with E-state index >= 15 is 0 Å². The highest BCUT2D eigenvalue weighted by atomic mass is 127. The van der Waals surface area contributed by atoms with Crippen LogP contribution in [0.1, 0.15) is 11.1 Å². The predicted molar refractivity (Wildman–Crippen MR) is 56.3 cm³/mol. The maximum atomic E-state index is 8.75. The monoisotopic (exact) mass is 321 g/mol. The Morgan fingerprint density at radius 3 is 2.64 bits per heavy atom. The normalized spacial score (nSPS) is 9.27. The Labute approximate surface area is 87.7 Å². The van der Waals surface area contributed by atoms with E-state index in [-0.39, 0.29) is 0 Å². The minimum Gasteiger partial charge on any atom is -0.192 e. The summed E-state index contributed by atoms with van der Waals surface area (Å²) in [7, 11) is 0. The summed E-state index contributed by atoms with van der Waals surface area (Å²) in [6, 6.07) is 6.05. The third-order valence-corrected chi connectivity index (χ3v) is 3.22. The lowest BCUT2D eigenvalue weighted by atomic mass is 10.1. The zero-order valence-electron chi connectivity index (χ0n) is 5.86. The molecule has 0 spiro atoms. The lowest BCUT2D eigenvalue weighted by molar-refractivity contribution is 1.35. The van der Waals surface area contributed by atoms with Crippen LogP contribution in [0.5, 0.6) is 0 Å². The van der Waals surface area contributed by atoms with Crippen molar-refractivity contribution in [3.63, 3.8) is 0 Å². The van der Waals surface area contributed by atoms with E-state index in [1.807, 2.05) is 19.1 Å². The Bertz CT molecular complexity index is 328. The van der Waals surface area contributed by atoms with Crippen LogP contribution < -0.4 is 0 Å². The Morgan fingerprint density at radius 2 is 2.18 bits per heavy atom. The summed E-state index contributed by atoms with van der Waals surface area (Å²) in [5.74, 6) is 0. The first kappa shape index (κ1) is 9.01. The van der Waals surface area contributed by atoms with Crippen molar-refractivity contribution in [3.8, 4) is 6.07 Å². The Kier molecular flexibility index (Phi) is 2.90. The molecule has 0 aliphatic rings. The molecule has 0 radical (unpaired) electrons. The van der Waals surface area contributed by atoms with E-state index in [1.165, 1.54) is 0 Å². The van der Waals surface area contributed by atoms with Crippen molar-refractivity contribution in [1.82, 2.24) is 0 Å². The number of nitrogens with zero attached hydrogens (tertiary/aromatic N) is 1. The standard InChI is InChI=1S/C8H5BrIN/c1-5-6(4-11)8(10)3-2-7(5)9/h2-3H,1H3. The Morgan fingerprint density at radius 1 is 1.55 bits per heavy atom. The van der Waals surface area contributed by atoms with Crippen molar-refractivity contribution < 1.29 is 0 Å². The molecular formula is C8H5BrIN. The van der Waals surface area contributed by atoms with Crippen LogP contribution in [-0.2, 0) is 0 Å². The van der Waals surface area contributed by atoms with Crippen LogP contribution in [0, 0.1) is 21.8 Å². The molecule has 1 aromatic carbocycles. The smallest absolute Gasteiger partial charge is 0.101 e. The number of hydrogen-bond donors (Lipinski definition) is 0. The van der Waals surface area contributed by atoms with E-state index in [1.54, 1.807) is 0 Å². The van der Waals surface area contributed by atoms with E-state index in [4.69, 9.17) is 5.26 Å². The first-order valence-corrected chi connectivity index (χ1v) is 4.88. The molecule has 1 rings (SSSR count). The summed E-state index contributed by atoms with van der Waals surface area (Å²) in [5.41, 5.74) is 1.78. The fourth-order valence-electron chi connectivity index (χ4n) is 0.790. The van der Waals surface area contributed by atoms with Crippen molar-refractivity contribution in [1.29, 1.82) is 5.26 Å². The second-order valence-electron chi connectivity index (χ2n) is 2.14. The van der Waals surface area contributed by atoms with Gasteiger partial charge in [-0.05, 0) is 47.2 Å². The van der Waals surface area contributed by atoms with Gasteiger partial charge in [-0.2, -0.15) is 5.26 Å². The Balaban J connectivity index is 3.44. The van der Waals surface area contributed by atoms with Gasteiger partial charge in [0.1, 0.15) is 6.07 Å². The first-order chi connectivity index (χ1) is 5.16. The molecule has 0 aliphatic heterocycles. The second-order valence-corrected chi connectivity index (χ2v) is 4.16. The maximum Gasteiger partial charge on any atom is 0.101 e. The minimum absolute atomic E-state index is 0.764. The van der Waals surface area contributed by atoms with E-state index < -0.39 is 0 Å². The topological polar surface area (TPSA) is 23.8 Å². The second kappa shape index (κ2) is 3.55. The number of halogens is 2. The maximum absolute atomic E-state index is 8.75. The molecule has 11 heavy (non-hydrogen) atoms. The van der Waals surface area contributed by atoms with Gasteiger partial charge in [-0.25, -0.2) is 0 Å². The molecule has 0 saturated heterocycles. The van der Waals surface area contributed by atoms with Gasteiger partial charge < -0.3 is 0 Å². The van der Waals surface area contributed by atoms with Crippen LogP contribution >= 0.6 is 38.5 Å². The van der Waals surface area contributed by atoms with Gasteiger partial charge in [0.2, 0.25) is 0 Å². The third kappa shape index (κ3) is 1.74. The lowest BCUT2D eigenvalue weighted by Crippen LogP contribution is -1.87. The predicted octanol–water partition coefficient (Wildman–Crippen LogP) is 3.23. The first-order valence-electron chi connectivity index (χ1n) is 3.01. The number of nitriles is 1. The molecule has 0 aliphatic carbocycles. The van der Waals surface area contributed by atoms with Crippen LogP contribution in [0.25, 0.3) is 0 Å². The molecule has 0 amide bonds. The van der Waals surface area contributed by atoms with Crippen LogP contribution in [0.4, 0.5) is 0 Å². The fourth-order valence-corrected chi connectivity index (χ4v) is 1.83. The number of rotatable bonds is 0. The van der Waals surface area contributed by atoms with Crippen LogP contribution in [0.3, 0.4) is 0 Å². The molecular weight excluding hydrogens is 317 g/mol. The van der Waals surface area contributed by atoms with Crippen molar-refractivity contribution in [3.05, 3.63) is 31.3 Å². The highest BCUT2D eigenvalue weighted by Crippen LogP contribution is 2.23. The zero-order valence-corrected chi connectivity index (χ0v) is 9.60. The van der Waals surface area contributed by atoms with Crippen molar-refractivity contribution in [2.75, 3.05) is 0 Å². The summed E-state index contributed by atoms with van der Waals surface area (Å²) in [5, 5.41) is 8.75. The molecule has 0 heterocycles. The van der Waals surface area contributed by atoms with Gasteiger partial charge in [0.05, 0.1) is 5.56 Å². The third-order valence-electron chi connectivity index (χ3n) is 1.46. The average Bonchev–Trinajstić information content (AvgIpc) is 1.99. The molecule has 56 valence electrons. The van der Waals surface area contributed by atoms with E-state index in [0.29, 0.717) is 0 Å². The van der Waals surface area contributed by atoms with E-state index in [9.17, 15) is 0 Å². The molecule has 1 aromatic rings. The molecule has 0 unspecified atom stereocenters. The van der Waals surface area contributed by atoms with Gasteiger partial charge in [-0.3, -0.25) is 0 Å². The molecule has 0 bridgehead atoms. The zero-order chi connectivity index (χ0) is 8.43. The van der Waals surface area contributed by atoms with Gasteiger partial charge >= 0.3 is 0 Å². The molecule has 0 fully saturated rings. The summed E-state index contributed by atoms with van der Waals surface area (Å²) >= 11 is 5.53. The van der Waals surface area contributed by atoms with Gasteiger partial charge in [-0.15, -0.1) is 0 Å². The van der Waals surface area contributed by atoms with E-state index in [2.05, 4.69) is 44.6 Å². The summed E-state index contributed by atoms with van der Waals surface area (Å²) < 4.78 is 2.00. The minimum atomic E-state index is 0.764. The largest absolute Gasteiger partial charge is 0.192 e. The molecule has 0 N–H and O–H groups in total. The average molecular weight is 322 g/mol. The van der Waals surface area contributed by atoms with Gasteiger partial charge in [0.25, 0.3) is 0 Å². The summed E-state index contributed by atoms with van der Waals surface area (Å²) in [6.45, 7) is 1.94. The SMILES string of the molecule is Cc1c(Br)ccc(I)c1C#N. The highest BCUT2D eigenvalue weighted by molar-refractivity contribution is 14.1. The molecule has 3 heteroatoms. The lowest BCUT2D eigenvalue weighted by Gasteiger charge is -2.01. The quantitative estimate of drug-likeness (QED) is 0.673. The highest BCUT2D eigenvalue weighted by Gasteiger charge is 2.04. The molecule has 1 nitrogen and oxygen atoms in total. The Hall–Kier alpha value is -0.0800. The number of hydrogen-bond acceptors (Lipinski definition) is 1.